The zero-order valence-corrected chi connectivity index (χ0v) is 22.0. The average molecular weight is 501 g/mol. The van der Waals surface area contributed by atoms with Gasteiger partial charge in [-0.25, -0.2) is 0 Å². The number of phenolic OH excluding ortho intramolecular Hbond substituents is 1. The van der Waals surface area contributed by atoms with E-state index >= 15 is 0 Å². The number of carbonyl (C=O) groups is 1. The normalized spacial score (nSPS) is 23.5. The Kier molecular flexibility index (Phi) is 8.29. The molecule has 0 bridgehead atoms. The highest BCUT2D eigenvalue weighted by Gasteiger charge is 2.41. The second kappa shape index (κ2) is 10.3. The average Bonchev–Trinajstić information content (AvgIpc) is 3.12. The van der Waals surface area contributed by atoms with Gasteiger partial charge < -0.3 is 24.0 Å². The minimum absolute atomic E-state index is 0.0556. The molecule has 2 N–H and O–H groups in total. The van der Waals surface area contributed by atoms with Crippen LogP contribution in [0.5, 0.6) is 5.75 Å². The molecule has 1 aromatic rings. The Balaban J connectivity index is 1.77. The number of ether oxygens (including phenoxy) is 2. The van der Waals surface area contributed by atoms with Crippen molar-refractivity contribution in [2.24, 2.45) is 5.92 Å². The number of aromatic hydroxyl groups is 1. The molecule has 1 aromatic carbocycles. The van der Waals surface area contributed by atoms with Crippen LogP contribution in [-0.2, 0) is 32.1 Å². The lowest BCUT2D eigenvalue weighted by Gasteiger charge is -2.38. The molecule has 2 fully saturated rings. The standard InChI is InChI=1S/C24H37ClN2O5S/c1-7-15-12-19(28)17(13-18(15)25)21(26-33(30)23(2,3)4)16-8-10-27(11-9-16)22(29)20-14-31-24(5,6)32-20/h12-13,16,20-21,26,28H,7-11,14H2,1-6H3/t20-,21?,33?/m1/s1. The van der Waals surface area contributed by atoms with Gasteiger partial charge in [0.2, 0.25) is 0 Å². The van der Waals surface area contributed by atoms with E-state index in [1.54, 1.807) is 26.0 Å². The van der Waals surface area contributed by atoms with E-state index in [2.05, 4.69) is 4.72 Å². The molecule has 9 heteroatoms. The summed E-state index contributed by atoms with van der Waals surface area (Å²) in [6.07, 6.45) is 1.54. The topological polar surface area (TPSA) is 94.1 Å². The summed E-state index contributed by atoms with van der Waals surface area (Å²) in [5.74, 6) is -0.574. The van der Waals surface area contributed by atoms with E-state index in [0.717, 1.165) is 5.56 Å². The van der Waals surface area contributed by atoms with Crippen LogP contribution in [0.25, 0.3) is 0 Å². The van der Waals surface area contributed by atoms with Crippen molar-refractivity contribution in [1.82, 2.24) is 9.62 Å². The first-order chi connectivity index (χ1) is 15.3. The number of hydrogen-bond donors (Lipinski definition) is 2. The van der Waals surface area contributed by atoms with Crippen molar-refractivity contribution in [1.29, 1.82) is 0 Å². The van der Waals surface area contributed by atoms with Crippen molar-refractivity contribution < 1.29 is 23.9 Å². The Hall–Kier alpha value is -1.03. The number of amides is 1. The third-order valence-corrected chi connectivity index (χ3v) is 8.24. The zero-order chi connectivity index (χ0) is 24.6. The van der Waals surface area contributed by atoms with Gasteiger partial charge >= 0.3 is 0 Å². The maximum absolute atomic E-state index is 13.0. The lowest BCUT2D eigenvalue weighted by molar-refractivity contribution is -0.161. The van der Waals surface area contributed by atoms with Crippen molar-refractivity contribution in [2.45, 2.75) is 83.5 Å². The molecular formula is C24H37ClN2O5S. The van der Waals surface area contributed by atoms with Crippen LogP contribution in [0.4, 0.5) is 0 Å². The van der Waals surface area contributed by atoms with Gasteiger partial charge in [-0.15, -0.1) is 4.72 Å². The molecule has 3 rings (SSSR count). The lowest BCUT2D eigenvalue weighted by atomic mass is 9.85. The van der Waals surface area contributed by atoms with Gasteiger partial charge in [0.25, 0.3) is 5.91 Å². The molecule has 2 saturated heterocycles. The summed E-state index contributed by atoms with van der Waals surface area (Å²) in [6.45, 7) is 12.7. The molecule has 0 radical (unpaired) electrons. The number of likely N-dealkylation sites (tertiary alicyclic amines) is 1. The van der Waals surface area contributed by atoms with E-state index in [4.69, 9.17) is 21.1 Å². The maximum Gasteiger partial charge on any atom is 0.254 e. The molecule has 0 aromatic heterocycles. The fourth-order valence-electron chi connectivity index (χ4n) is 4.31. The van der Waals surface area contributed by atoms with Crippen LogP contribution < -0.4 is 4.72 Å². The Labute approximate surface area is 205 Å². The van der Waals surface area contributed by atoms with Gasteiger partial charge in [0, 0.05) is 35.0 Å². The second-order valence-corrected chi connectivity index (χ2v) is 12.7. The van der Waals surface area contributed by atoms with Gasteiger partial charge in [0.05, 0.1) is 12.6 Å². The number of nitrogens with zero attached hydrogens (tertiary/aromatic N) is 1. The molecular weight excluding hydrogens is 464 g/mol. The summed E-state index contributed by atoms with van der Waals surface area (Å²) >= 11 is 5.14. The van der Waals surface area contributed by atoms with E-state index in [1.807, 2.05) is 32.6 Å². The number of carbonyl (C=O) groups excluding carboxylic acids is 1. The van der Waals surface area contributed by atoms with Crippen LogP contribution >= 0.6 is 11.6 Å². The fourth-order valence-corrected chi connectivity index (χ4v) is 5.52. The Morgan fingerprint density at radius 1 is 1.36 bits per heavy atom. The summed E-state index contributed by atoms with van der Waals surface area (Å²) in [5, 5.41) is 11.4. The van der Waals surface area contributed by atoms with Crippen molar-refractivity contribution >= 4 is 28.9 Å². The number of rotatable bonds is 6. The van der Waals surface area contributed by atoms with E-state index in [-0.39, 0.29) is 30.2 Å². The van der Waals surface area contributed by atoms with E-state index in [0.29, 0.717) is 42.9 Å². The molecule has 186 valence electrons. The summed E-state index contributed by atoms with van der Waals surface area (Å²) in [6, 6.07) is 3.14. The van der Waals surface area contributed by atoms with Gasteiger partial charge in [-0.2, -0.15) is 0 Å². The SMILES string of the molecule is CCc1cc(O)c(C(N[S+]([O-])C(C)(C)C)C2CCN(C(=O)[C@H]3COC(C)(C)O3)CC2)cc1Cl. The van der Waals surface area contributed by atoms with E-state index in [9.17, 15) is 14.5 Å². The first-order valence-electron chi connectivity index (χ1n) is 11.6. The maximum atomic E-state index is 13.0. The molecule has 2 aliphatic heterocycles. The van der Waals surface area contributed by atoms with Crippen LogP contribution in [0.3, 0.4) is 0 Å². The zero-order valence-electron chi connectivity index (χ0n) is 20.4. The second-order valence-electron chi connectivity index (χ2n) is 10.3. The Bertz CT molecular complexity index is 852. The van der Waals surface area contributed by atoms with Gasteiger partial charge in [0.1, 0.15) is 10.5 Å². The highest BCUT2D eigenvalue weighted by atomic mass is 35.5. The van der Waals surface area contributed by atoms with Crippen LogP contribution in [0, 0.1) is 5.92 Å². The van der Waals surface area contributed by atoms with Crippen LogP contribution in [0.1, 0.15) is 71.6 Å². The number of nitrogens with one attached hydrogen (secondary N) is 1. The minimum atomic E-state index is -1.34. The minimum Gasteiger partial charge on any atom is -0.598 e. The number of piperidine rings is 1. The van der Waals surface area contributed by atoms with Crippen LogP contribution in [0.2, 0.25) is 5.02 Å². The molecule has 0 spiro atoms. The van der Waals surface area contributed by atoms with E-state index < -0.39 is 28.0 Å². The first kappa shape index (κ1) is 26.6. The molecule has 3 atom stereocenters. The molecule has 2 aliphatic rings. The molecule has 0 saturated carbocycles. The quantitative estimate of drug-likeness (QED) is 0.571. The van der Waals surface area contributed by atoms with Crippen molar-refractivity contribution in [3.8, 4) is 5.75 Å². The fraction of sp³-hybridized carbons (Fsp3) is 0.708. The molecule has 2 heterocycles. The van der Waals surface area contributed by atoms with Crippen molar-refractivity contribution in [3.63, 3.8) is 0 Å². The van der Waals surface area contributed by atoms with Crippen molar-refractivity contribution in [3.05, 3.63) is 28.3 Å². The predicted molar refractivity (Wildman–Crippen MR) is 130 cm³/mol. The summed E-state index contributed by atoms with van der Waals surface area (Å²) in [4.78, 5) is 14.7. The molecule has 1 amide bonds. The summed E-state index contributed by atoms with van der Waals surface area (Å²) in [7, 11) is 0. The van der Waals surface area contributed by atoms with Crippen molar-refractivity contribution in [2.75, 3.05) is 19.7 Å². The molecule has 0 aliphatic carbocycles. The van der Waals surface area contributed by atoms with Crippen LogP contribution in [-0.4, -0.2) is 56.8 Å². The number of phenols is 1. The third kappa shape index (κ3) is 6.35. The summed E-state index contributed by atoms with van der Waals surface area (Å²) < 4.78 is 27.1. The Morgan fingerprint density at radius 2 is 2.00 bits per heavy atom. The number of aryl methyl sites for hydroxylation is 1. The molecule has 33 heavy (non-hydrogen) atoms. The third-order valence-electron chi connectivity index (χ3n) is 6.31. The van der Waals surface area contributed by atoms with Gasteiger partial charge in [-0.1, -0.05) is 18.5 Å². The Morgan fingerprint density at radius 3 is 2.52 bits per heavy atom. The largest absolute Gasteiger partial charge is 0.598 e. The first-order valence-corrected chi connectivity index (χ1v) is 13.1. The molecule has 7 nitrogen and oxygen atoms in total. The lowest BCUT2D eigenvalue weighted by Crippen LogP contribution is -2.48. The highest BCUT2D eigenvalue weighted by Crippen LogP contribution is 2.39. The van der Waals surface area contributed by atoms with Gasteiger partial charge in [0.15, 0.2) is 11.9 Å². The van der Waals surface area contributed by atoms with E-state index in [1.165, 1.54) is 0 Å². The monoisotopic (exact) mass is 500 g/mol. The van der Waals surface area contributed by atoms with Crippen LogP contribution in [0.15, 0.2) is 12.1 Å². The summed E-state index contributed by atoms with van der Waals surface area (Å²) in [5.41, 5.74) is 1.52. The highest BCUT2D eigenvalue weighted by molar-refractivity contribution is 7.90. The molecule has 2 unspecified atom stereocenters. The smallest absolute Gasteiger partial charge is 0.254 e. The number of benzene rings is 1. The van der Waals surface area contributed by atoms with Gasteiger partial charge in [-0.05, 0) is 77.5 Å². The van der Waals surface area contributed by atoms with Gasteiger partial charge in [-0.3, -0.25) is 4.79 Å². The number of halogens is 1. The number of hydrogen-bond acceptors (Lipinski definition) is 6. The predicted octanol–water partition coefficient (Wildman–Crippen LogP) is 4.09.